The van der Waals surface area contributed by atoms with Crippen LogP contribution in [0.15, 0.2) is 36.7 Å². The van der Waals surface area contributed by atoms with Gasteiger partial charge in [-0.3, -0.25) is 0 Å². The summed E-state index contributed by atoms with van der Waals surface area (Å²) >= 11 is 0. The standard InChI is InChI=1S/C10H12N4/c11-6-7-14-8-12-13-10(14)9-4-2-1-3-5-9/h1-5,8H,6-7,11H2. The Morgan fingerprint density at radius 1 is 1.21 bits per heavy atom. The maximum absolute atomic E-state index is 5.49. The molecule has 0 aliphatic carbocycles. The molecular weight excluding hydrogens is 176 g/mol. The normalized spacial score (nSPS) is 10.4. The van der Waals surface area contributed by atoms with E-state index in [1.165, 1.54) is 0 Å². The lowest BCUT2D eigenvalue weighted by atomic mass is 10.2. The van der Waals surface area contributed by atoms with Gasteiger partial charge < -0.3 is 10.3 Å². The second-order valence-corrected chi connectivity index (χ2v) is 3.00. The summed E-state index contributed by atoms with van der Waals surface area (Å²) in [5, 5.41) is 7.94. The number of nitrogens with zero attached hydrogens (tertiary/aromatic N) is 3. The molecule has 0 radical (unpaired) electrons. The molecule has 1 heterocycles. The molecular formula is C10H12N4. The molecule has 0 amide bonds. The van der Waals surface area contributed by atoms with Crippen LogP contribution in [0.1, 0.15) is 0 Å². The molecule has 14 heavy (non-hydrogen) atoms. The van der Waals surface area contributed by atoms with Gasteiger partial charge in [0.1, 0.15) is 6.33 Å². The van der Waals surface area contributed by atoms with Crippen molar-refractivity contribution in [3.05, 3.63) is 36.7 Å². The summed E-state index contributed by atoms with van der Waals surface area (Å²) in [4.78, 5) is 0. The van der Waals surface area contributed by atoms with Crippen molar-refractivity contribution < 1.29 is 0 Å². The van der Waals surface area contributed by atoms with Gasteiger partial charge in [-0.25, -0.2) is 0 Å². The molecule has 1 aromatic carbocycles. The molecule has 0 unspecified atom stereocenters. The van der Waals surface area contributed by atoms with E-state index < -0.39 is 0 Å². The maximum Gasteiger partial charge on any atom is 0.163 e. The molecule has 1 aromatic heterocycles. The van der Waals surface area contributed by atoms with E-state index in [0.29, 0.717) is 6.54 Å². The zero-order valence-corrected chi connectivity index (χ0v) is 7.80. The van der Waals surface area contributed by atoms with Crippen molar-refractivity contribution in [3.63, 3.8) is 0 Å². The van der Waals surface area contributed by atoms with Gasteiger partial charge in [-0.15, -0.1) is 10.2 Å². The molecule has 2 aromatic rings. The average molecular weight is 188 g/mol. The van der Waals surface area contributed by atoms with Crippen LogP contribution in [0, 0.1) is 0 Å². The highest BCUT2D eigenvalue weighted by atomic mass is 15.3. The zero-order chi connectivity index (χ0) is 9.80. The summed E-state index contributed by atoms with van der Waals surface area (Å²) in [5.74, 6) is 0.871. The molecule has 0 saturated carbocycles. The average Bonchev–Trinajstić information content (AvgIpc) is 2.68. The number of benzene rings is 1. The first kappa shape index (κ1) is 8.90. The quantitative estimate of drug-likeness (QED) is 0.778. The van der Waals surface area contributed by atoms with Crippen LogP contribution in [0.4, 0.5) is 0 Å². The summed E-state index contributed by atoms with van der Waals surface area (Å²) < 4.78 is 1.95. The third-order valence-corrected chi connectivity index (χ3v) is 2.02. The smallest absolute Gasteiger partial charge is 0.163 e. The third kappa shape index (κ3) is 1.65. The monoisotopic (exact) mass is 188 g/mol. The minimum absolute atomic E-state index is 0.595. The fraction of sp³-hybridized carbons (Fsp3) is 0.200. The van der Waals surface area contributed by atoms with Crippen molar-refractivity contribution >= 4 is 0 Å². The van der Waals surface area contributed by atoms with E-state index in [-0.39, 0.29) is 0 Å². The molecule has 0 bridgehead atoms. The van der Waals surface area contributed by atoms with Crippen molar-refractivity contribution in [2.45, 2.75) is 6.54 Å². The second-order valence-electron chi connectivity index (χ2n) is 3.00. The van der Waals surface area contributed by atoms with Gasteiger partial charge in [0.25, 0.3) is 0 Å². The first-order valence-electron chi connectivity index (χ1n) is 4.55. The third-order valence-electron chi connectivity index (χ3n) is 2.02. The van der Waals surface area contributed by atoms with Crippen molar-refractivity contribution in [2.24, 2.45) is 5.73 Å². The van der Waals surface area contributed by atoms with Gasteiger partial charge in [-0.2, -0.15) is 0 Å². The van der Waals surface area contributed by atoms with Crippen LogP contribution in [-0.4, -0.2) is 21.3 Å². The first-order chi connectivity index (χ1) is 6.92. The molecule has 0 atom stereocenters. The van der Waals surface area contributed by atoms with E-state index in [1.54, 1.807) is 6.33 Å². The lowest BCUT2D eigenvalue weighted by Gasteiger charge is -2.03. The van der Waals surface area contributed by atoms with E-state index in [1.807, 2.05) is 34.9 Å². The molecule has 4 heteroatoms. The van der Waals surface area contributed by atoms with Crippen LogP contribution in [0.2, 0.25) is 0 Å². The molecule has 0 aliphatic rings. The highest BCUT2D eigenvalue weighted by molar-refractivity contribution is 5.54. The number of aromatic nitrogens is 3. The van der Waals surface area contributed by atoms with E-state index in [0.717, 1.165) is 17.9 Å². The maximum atomic E-state index is 5.49. The van der Waals surface area contributed by atoms with Crippen LogP contribution >= 0.6 is 0 Å². The van der Waals surface area contributed by atoms with Crippen LogP contribution in [-0.2, 0) is 6.54 Å². The number of hydrogen-bond acceptors (Lipinski definition) is 3. The Balaban J connectivity index is 2.37. The lowest BCUT2D eigenvalue weighted by Crippen LogP contribution is -2.10. The Morgan fingerprint density at radius 2 is 2.00 bits per heavy atom. The van der Waals surface area contributed by atoms with Gasteiger partial charge in [0.15, 0.2) is 5.82 Å². The Morgan fingerprint density at radius 3 is 2.71 bits per heavy atom. The van der Waals surface area contributed by atoms with E-state index in [9.17, 15) is 0 Å². The summed E-state index contributed by atoms with van der Waals surface area (Å²) in [6, 6.07) is 9.97. The van der Waals surface area contributed by atoms with Crippen LogP contribution < -0.4 is 5.73 Å². The van der Waals surface area contributed by atoms with Crippen LogP contribution in [0.5, 0.6) is 0 Å². The van der Waals surface area contributed by atoms with Gasteiger partial charge in [-0.05, 0) is 0 Å². The molecule has 2 N–H and O–H groups in total. The molecule has 0 saturated heterocycles. The van der Waals surface area contributed by atoms with E-state index in [4.69, 9.17) is 5.73 Å². The van der Waals surface area contributed by atoms with Crippen LogP contribution in [0.3, 0.4) is 0 Å². The van der Waals surface area contributed by atoms with Crippen molar-refractivity contribution in [1.82, 2.24) is 14.8 Å². The van der Waals surface area contributed by atoms with Crippen molar-refractivity contribution in [3.8, 4) is 11.4 Å². The Hall–Kier alpha value is -1.68. The summed E-state index contributed by atoms with van der Waals surface area (Å²) in [6.07, 6.45) is 1.70. The fourth-order valence-corrected chi connectivity index (χ4v) is 1.37. The number of nitrogens with two attached hydrogens (primary N) is 1. The first-order valence-corrected chi connectivity index (χ1v) is 4.55. The molecule has 0 fully saturated rings. The molecule has 2 rings (SSSR count). The topological polar surface area (TPSA) is 56.7 Å². The largest absolute Gasteiger partial charge is 0.329 e. The molecule has 0 spiro atoms. The van der Waals surface area contributed by atoms with Crippen molar-refractivity contribution in [2.75, 3.05) is 6.54 Å². The lowest BCUT2D eigenvalue weighted by molar-refractivity contribution is 0.712. The zero-order valence-electron chi connectivity index (χ0n) is 7.80. The van der Waals surface area contributed by atoms with Gasteiger partial charge in [-0.1, -0.05) is 30.3 Å². The second kappa shape index (κ2) is 4.02. The predicted molar refractivity (Wildman–Crippen MR) is 54.5 cm³/mol. The highest BCUT2D eigenvalue weighted by Gasteiger charge is 2.04. The van der Waals surface area contributed by atoms with E-state index >= 15 is 0 Å². The number of rotatable bonds is 3. The van der Waals surface area contributed by atoms with Gasteiger partial charge >= 0.3 is 0 Å². The SMILES string of the molecule is NCCn1cnnc1-c1ccccc1. The summed E-state index contributed by atoms with van der Waals surface area (Å²) in [5.41, 5.74) is 6.56. The Labute approximate surface area is 82.4 Å². The van der Waals surface area contributed by atoms with Crippen LogP contribution in [0.25, 0.3) is 11.4 Å². The van der Waals surface area contributed by atoms with Gasteiger partial charge in [0, 0.05) is 18.7 Å². The fourth-order valence-electron chi connectivity index (χ4n) is 1.37. The summed E-state index contributed by atoms with van der Waals surface area (Å²) in [6.45, 7) is 1.34. The van der Waals surface area contributed by atoms with Gasteiger partial charge in [0.2, 0.25) is 0 Å². The predicted octanol–water partition coefficient (Wildman–Crippen LogP) is 0.904. The Kier molecular flexibility index (Phi) is 2.55. The summed E-state index contributed by atoms with van der Waals surface area (Å²) in [7, 11) is 0. The van der Waals surface area contributed by atoms with Crippen molar-refractivity contribution in [1.29, 1.82) is 0 Å². The van der Waals surface area contributed by atoms with E-state index in [2.05, 4.69) is 10.2 Å². The molecule has 0 aliphatic heterocycles. The number of hydrogen-bond donors (Lipinski definition) is 1. The Bertz CT molecular complexity index is 394. The van der Waals surface area contributed by atoms with Gasteiger partial charge in [0.05, 0.1) is 0 Å². The molecule has 72 valence electrons. The highest BCUT2D eigenvalue weighted by Crippen LogP contribution is 2.14. The minimum Gasteiger partial charge on any atom is -0.329 e. The molecule has 4 nitrogen and oxygen atoms in total. The minimum atomic E-state index is 0.595.